The first kappa shape index (κ1) is 23.1. The van der Waals surface area contributed by atoms with Gasteiger partial charge in [0.25, 0.3) is 5.56 Å². The number of hydrogen-bond acceptors (Lipinski definition) is 3. The molecular weight excluding hydrogens is 440 g/mol. The van der Waals surface area contributed by atoms with Gasteiger partial charge in [-0.1, -0.05) is 24.3 Å². The number of amides is 1. The molecule has 0 aliphatic heterocycles. The van der Waals surface area contributed by atoms with E-state index in [9.17, 15) is 23.2 Å². The summed E-state index contributed by atoms with van der Waals surface area (Å²) in [6.45, 7) is 0.357. The molecule has 0 unspecified atom stereocenters. The van der Waals surface area contributed by atoms with Crippen molar-refractivity contribution in [2.24, 2.45) is 0 Å². The Morgan fingerprint density at radius 3 is 2.15 bits per heavy atom. The van der Waals surface area contributed by atoms with Crippen LogP contribution in [0, 0.1) is 11.6 Å². The molecule has 1 heterocycles. The van der Waals surface area contributed by atoms with Gasteiger partial charge in [-0.15, -0.1) is 0 Å². The average molecular weight is 463 g/mol. The van der Waals surface area contributed by atoms with Crippen molar-refractivity contribution in [3.05, 3.63) is 111 Å². The van der Waals surface area contributed by atoms with Crippen molar-refractivity contribution in [3.63, 3.8) is 0 Å². The van der Waals surface area contributed by atoms with E-state index in [-0.39, 0.29) is 42.6 Å². The van der Waals surface area contributed by atoms with Crippen molar-refractivity contribution in [1.29, 1.82) is 0 Å². The minimum Gasteiger partial charge on any atom is -0.326 e. The van der Waals surface area contributed by atoms with Gasteiger partial charge in [-0.3, -0.25) is 18.7 Å². The monoisotopic (exact) mass is 463 g/mol. The molecule has 0 atom stereocenters. The first-order valence-corrected chi connectivity index (χ1v) is 10.9. The first-order chi connectivity index (χ1) is 16.4. The number of rotatable bonds is 8. The summed E-state index contributed by atoms with van der Waals surface area (Å²) < 4.78 is 29.0. The van der Waals surface area contributed by atoms with E-state index in [4.69, 9.17) is 0 Å². The standard InChI is InChI=1S/C26H23F2N3O3/c27-19-10-8-18(9-11-19)17-31-23-6-2-1-5-22(23)25(33)30(26(31)34)16-4-3-7-24(32)29-21-14-12-20(28)13-15-21/h1-2,5-6,8-15H,3-4,7,16-17H2,(H,29,32). The maximum absolute atomic E-state index is 13.3. The Morgan fingerprint density at radius 2 is 1.44 bits per heavy atom. The number of nitrogens with one attached hydrogen (secondary N) is 1. The van der Waals surface area contributed by atoms with Crippen molar-refractivity contribution < 1.29 is 13.6 Å². The highest BCUT2D eigenvalue weighted by molar-refractivity contribution is 5.90. The summed E-state index contributed by atoms with van der Waals surface area (Å²) in [6.07, 6.45) is 1.11. The molecular formula is C26H23F2N3O3. The van der Waals surface area contributed by atoms with Crippen LogP contribution in [0.15, 0.2) is 82.4 Å². The summed E-state index contributed by atoms with van der Waals surface area (Å²) in [4.78, 5) is 38.3. The molecule has 1 aromatic heterocycles. The number of fused-ring (bicyclic) bond motifs is 1. The second-order valence-corrected chi connectivity index (χ2v) is 7.98. The summed E-state index contributed by atoms with van der Waals surface area (Å²) in [5, 5.41) is 3.10. The maximum atomic E-state index is 13.3. The van der Waals surface area contributed by atoms with E-state index in [1.54, 1.807) is 36.4 Å². The zero-order valence-corrected chi connectivity index (χ0v) is 18.3. The lowest BCUT2D eigenvalue weighted by Gasteiger charge is -2.14. The molecule has 0 aliphatic carbocycles. The molecule has 0 fully saturated rings. The SMILES string of the molecule is O=C(CCCCn1c(=O)c2ccccc2n(Cc2ccc(F)cc2)c1=O)Nc1ccc(F)cc1. The Kier molecular flexibility index (Phi) is 6.96. The van der Waals surface area contributed by atoms with Gasteiger partial charge in [0.2, 0.25) is 5.91 Å². The fraction of sp³-hybridized carbons (Fsp3) is 0.192. The van der Waals surface area contributed by atoms with Crippen molar-refractivity contribution in [2.45, 2.75) is 32.4 Å². The molecule has 6 nitrogen and oxygen atoms in total. The molecule has 0 spiro atoms. The summed E-state index contributed by atoms with van der Waals surface area (Å²) in [5.74, 6) is -0.982. The molecule has 1 amide bonds. The second-order valence-electron chi connectivity index (χ2n) is 7.98. The van der Waals surface area contributed by atoms with Crippen LogP contribution in [-0.4, -0.2) is 15.0 Å². The fourth-order valence-corrected chi connectivity index (χ4v) is 3.81. The lowest BCUT2D eigenvalue weighted by molar-refractivity contribution is -0.116. The Bertz CT molecular complexity index is 1430. The number of nitrogens with zero attached hydrogens (tertiary/aromatic N) is 2. The molecule has 0 saturated carbocycles. The molecule has 0 bridgehead atoms. The Hall–Kier alpha value is -4.07. The molecule has 34 heavy (non-hydrogen) atoms. The molecule has 1 N–H and O–H groups in total. The fourth-order valence-electron chi connectivity index (χ4n) is 3.81. The number of carbonyl (C=O) groups excluding carboxylic acids is 1. The van der Waals surface area contributed by atoms with E-state index in [0.29, 0.717) is 29.4 Å². The molecule has 0 radical (unpaired) electrons. The number of unbranched alkanes of at least 4 members (excludes halogenated alkanes) is 1. The average Bonchev–Trinajstić information content (AvgIpc) is 2.84. The summed E-state index contributed by atoms with van der Waals surface area (Å²) in [6, 6.07) is 18.2. The first-order valence-electron chi connectivity index (χ1n) is 10.9. The number of aromatic nitrogens is 2. The number of hydrogen-bond donors (Lipinski definition) is 1. The molecule has 0 aliphatic rings. The third kappa shape index (κ3) is 5.28. The molecule has 3 aromatic carbocycles. The highest BCUT2D eigenvalue weighted by Gasteiger charge is 2.13. The minimum atomic E-state index is -0.455. The highest BCUT2D eigenvalue weighted by Crippen LogP contribution is 2.12. The number of anilines is 1. The topological polar surface area (TPSA) is 73.1 Å². The van der Waals surface area contributed by atoms with Gasteiger partial charge in [-0.25, -0.2) is 13.6 Å². The molecule has 174 valence electrons. The maximum Gasteiger partial charge on any atom is 0.331 e. The van der Waals surface area contributed by atoms with Gasteiger partial charge in [0, 0.05) is 18.7 Å². The van der Waals surface area contributed by atoms with Gasteiger partial charge >= 0.3 is 5.69 Å². The van der Waals surface area contributed by atoms with Crippen molar-refractivity contribution in [1.82, 2.24) is 9.13 Å². The predicted octanol–water partition coefficient (Wildman–Crippen LogP) is 4.30. The smallest absolute Gasteiger partial charge is 0.326 e. The normalized spacial score (nSPS) is 11.0. The summed E-state index contributed by atoms with van der Waals surface area (Å²) >= 11 is 0. The van der Waals surface area contributed by atoms with Crippen LogP contribution in [0.5, 0.6) is 0 Å². The van der Waals surface area contributed by atoms with E-state index >= 15 is 0 Å². The number of benzene rings is 3. The van der Waals surface area contributed by atoms with Crippen molar-refractivity contribution in [2.75, 3.05) is 5.32 Å². The van der Waals surface area contributed by atoms with Gasteiger partial charge in [0.1, 0.15) is 11.6 Å². The van der Waals surface area contributed by atoms with Crippen LogP contribution in [0.4, 0.5) is 14.5 Å². The number of para-hydroxylation sites is 1. The quantitative estimate of drug-likeness (QED) is 0.396. The molecule has 4 aromatic rings. The van der Waals surface area contributed by atoms with E-state index in [2.05, 4.69) is 5.32 Å². The predicted molar refractivity (Wildman–Crippen MR) is 127 cm³/mol. The minimum absolute atomic E-state index is 0.162. The highest BCUT2D eigenvalue weighted by atomic mass is 19.1. The lowest BCUT2D eigenvalue weighted by Crippen LogP contribution is -2.40. The lowest BCUT2D eigenvalue weighted by atomic mass is 10.2. The van der Waals surface area contributed by atoms with E-state index in [0.717, 1.165) is 5.56 Å². The van der Waals surface area contributed by atoms with Crippen molar-refractivity contribution in [3.8, 4) is 0 Å². The van der Waals surface area contributed by atoms with Gasteiger partial charge < -0.3 is 5.32 Å². The van der Waals surface area contributed by atoms with Crippen LogP contribution >= 0.6 is 0 Å². The number of carbonyl (C=O) groups is 1. The van der Waals surface area contributed by atoms with Crippen molar-refractivity contribution >= 4 is 22.5 Å². The zero-order chi connectivity index (χ0) is 24.1. The van der Waals surface area contributed by atoms with Crippen LogP contribution in [0.2, 0.25) is 0 Å². The third-order valence-electron chi connectivity index (χ3n) is 5.55. The number of halogens is 2. The summed E-state index contributed by atoms with van der Waals surface area (Å²) in [7, 11) is 0. The van der Waals surface area contributed by atoms with E-state index < -0.39 is 5.69 Å². The van der Waals surface area contributed by atoms with Crippen LogP contribution in [-0.2, 0) is 17.9 Å². The zero-order valence-electron chi connectivity index (χ0n) is 18.3. The van der Waals surface area contributed by atoms with E-state index in [1.807, 2.05) is 0 Å². The largest absolute Gasteiger partial charge is 0.331 e. The van der Waals surface area contributed by atoms with Crippen LogP contribution in [0.3, 0.4) is 0 Å². The molecule has 0 saturated heterocycles. The third-order valence-corrected chi connectivity index (χ3v) is 5.55. The van der Waals surface area contributed by atoms with Gasteiger partial charge in [-0.2, -0.15) is 0 Å². The van der Waals surface area contributed by atoms with Crippen LogP contribution in [0.1, 0.15) is 24.8 Å². The van der Waals surface area contributed by atoms with Gasteiger partial charge in [0.05, 0.1) is 17.4 Å². The van der Waals surface area contributed by atoms with Gasteiger partial charge in [-0.05, 0) is 66.9 Å². The van der Waals surface area contributed by atoms with Crippen LogP contribution in [0.25, 0.3) is 10.9 Å². The molecule has 4 rings (SSSR count). The Labute approximate surface area is 194 Å². The van der Waals surface area contributed by atoms with Gasteiger partial charge in [0.15, 0.2) is 0 Å². The Morgan fingerprint density at radius 1 is 0.794 bits per heavy atom. The second kappa shape index (κ2) is 10.2. The van der Waals surface area contributed by atoms with E-state index in [1.165, 1.54) is 45.5 Å². The summed E-state index contributed by atoms with van der Waals surface area (Å²) in [5.41, 5.74) is 0.907. The van der Waals surface area contributed by atoms with Crippen LogP contribution < -0.4 is 16.6 Å². The Balaban J connectivity index is 1.49. The molecule has 8 heteroatoms.